The van der Waals surface area contributed by atoms with Crippen LogP contribution in [-0.4, -0.2) is 39.7 Å². The van der Waals surface area contributed by atoms with Crippen LogP contribution in [0.25, 0.3) is 0 Å². The molecule has 0 saturated carbocycles. The number of fused-ring (bicyclic) bond motifs is 1. The fraction of sp³-hybridized carbons (Fsp3) is 0.536. The van der Waals surface area contributed by atoms with E-state index in [2.05, 4.69) is 46.8 Å². The molecule has 33 heavy (non-hydrogen) atoms. The van der Waals surface area contributed by atoms with Crippen LogP contribution in [-0.2, 0) is 10.8 Å². The first-order chi connectivity index (χ1) is 15.6. The Morgan fingerprint density at radius 2 is 1.61 bits per heavy atom. The number of benzene rings is 2. The standard InChI is InChI=1S/C28H38O4Se/c1-7-8-9-10-15-32-23-17-20-21(28(4,5)14-13-27(20,2)3)18-25(23)33-24-12-11-19(26(29)30)16-22(24)31-6/h11-12,16-18H,7-10,13-15H2,1-6H3,(H,29,30). The van der Waals surface area contributed by atoms with Crippen LogP contribution in [0.15, 0.2) is 30.3 Å². The van der Waals surface area contributed by atoms with Gasteiger partial charge in [-0.3, -0.25) is 0 Å². The van der Waals surface area contributed by atoms with E-state index in [-0.39, 0.29) is 31.4 Å². The molecule has 0 saturated heterocycles. The second-order valence-corrected chi connectivity index (χ2v) is 12.6. The third kappa shape index (κ3) is 5.94. The van der Waals surface area contributed by atoms with Crippen molar-refractivity contribution in [3.8, 4) is 11.5 Å². The van der Waals surface area contributed by atoms with Crippen molar-refractivity contribution in [3.05, 3.63) is 47.0 Å². The Labute approximate surface area is 205 Å². The van der Waals surface area contributed by atoms with Gasteiger partial charge in [0.05, 0.1) is 0 Å². The van der Waals surface area contributed by atoms with E-state index in [9.17, 15) is 9.90 Å². The Bertz CT molecular complexity index is 994. The van der Waals surface area contributed by atoms with Gasteiger partial charge in [0.15, 0.2) is 0 Å². The van der Waals surface area contributed by atoms with Gasteiger partial charge in [-0.15, -0.1) is 0 Å². The van der Waals surface area contributed by atoms with Crippen molar-refractivity contribution in [2.45, 2.75) is 84.0 Å². The van der Waals surface area contributed by atoms with E-state index < -0.39 is 5.97 Å². The van der Waals surface area contributed by atoms with E-state index in [4.69, 9.17) is 9.47 Å². The average Bonchev–Trinajstić information content (AvgIpc) is 2.77. The molecule has 1 aliphatic rings. The van der Waals surface area contributed by atoms with E-state index in [1.807, 2.05) is 6.07 Å². The molecule has 3 rings (SSSR count). The molecular formula is C28H38O4Se. The van der Waals surface area contributed by atoms with Crippen LogP contribution in [0.1, 0.15) is 94.6 Å². The number of rotatable bonds is 10. The van der Waals surface area contributed by atoms with Gasteiger partial charge >= 0.3 is 205 Å². The minimum absolute atomic E-state index is 0.0756. The van der Waals surface area contributed by atoms with Crippen molar-refractivity contribution in [3.63, 3.8) is 0 Å². The molecule has 0 heterocycles. The van der Waals surface area contributed by atoms with Crippen molar-refractivity contribution in [2.75, 3.05) is 13.7 Å². The summed E-state index contributed by atoms with van der Waals surface area (Å²) in [6, 6.07) is 9.84. The number of carboxylic acids is 1. The molecule has 0 amide bonds. The summed E-state index contributed by atoms with van der Waals surface area (Å²) in [4.78, 5) is 11.4. The van der Waals surface area contributed by atoms with E-state index in [1.165, 1.54) is 34.9 Å². The number of ether oxygens (including phenoxy) is 2. The summed E-state index contributed by atoms with van der Waals surface area (Å²) >= 11 is -0.0756. The Hall–Kier alpha value is -1.97. The van der Waals surface area contributed by atoms with Gasteiger partial charge in [0.1, 0.15) is 0 Å². The topological polar surface area (TPSA) is 55.8 Å². The molecule has 0 unspecified atom stereocenters. The predicted molar refractivity (Wildman–Crippen MR) is 136 cm³/mol. The van der Waals surface area contributed by atoms with Gasteiger partial charge in [0.2, 0.25) is 0 Å². The van der Waals surface area contributed by atoms with Crippen LogP contribution in [0.5, 0.6) is 11.5 Å². The molecule has 4 nitrogen and oxygen atoms in total. The SMILES string of the molecule is CCCCCCOc1cc2c(cc1[Se]c1ccc(C(=O)O)cc1OC)C(C)(C)CCC2(C)C. The number of methoxy groups -OCH3 is 1. The third-order valence-corrected chi connectivity index (χ3v) is 9.10. The van der Waals surface area contributed by atoms with Gasteiger partial charge in [-0.1, -0.05) is 0 Å². The first-order valence-corrected chi connectivity index (χ1v) is 13.7. The van der Waals surface area contributed by atoms with Crippen LogP contribution in [0, 0.1) is 0 Å². The third-order valence-electron chi connectivity index (χ3n) is 6.80. The molecule has 0 atom stereocenters. The van der Waals surface area contributed by atoms with E-state index in [1.54, 1.807) is 19.2 Å². The summed E-state index contributed by atoms with van der Waals surface area (Å²) in [5.74, 6) is 0.655. The quantitative estimate of drug-likeness (QED) is 0.341. The Balaban J connectivity index is 2.02. The number of carboxylic acid groups (broad SMARTS) is 1. The number of carbonyl (C=O) groups is 1. The number of unbranched alkanes of at least 4 members (excludes halogenated alkanes) is 3. The van der Waals surface area contributed by atoms with Gasteiger partial charge in [-0.2, -0.15) is 0 Å². The number of hydrogen-bond acceptors (Lipinski definition) is 3. The maximum absolute atomic E-state index is 11.4. The first-order valence-electron chi connectivity index (χ1n) is 12.0. The molecule has 5 heteroatoms. The van der Waals surface area contributed by atoms with E-state index in [0.717, 1.165) is 36.1 Å². The zero-order valence-electron chi connectivity index (χ0n) is 20.9. The minimum atomic E-state index is -0.943. The predicted octanol–water partition coefficient (Wildman–Crippen LogP) is 5.36. The zero-order valence-corrected chi connectivity index (χ0v) is 22.6. The molecule has 2 aromatic carbocycles. The molecular weight excluding hydrogens is 479 g/mol. The van der Waals surface area contributed by atoms with Crippen molar-refractivity contribution in [1.82, 2.24) is 0 Å². The first kappa shape index (κ1) is 25.6. The second kappa shape index (κ2) is 10.5. The van der Waals surface area contributed by atoms with Crippen molar-refractivity contribution < 1.29 is 19.4 Å². The summed E-state index contributed by atoms with van der Waals surface area (Å²) < 4.78 is 14.2. The molecule has 0 aliphatic heterocycles. The van der Waals surface area contributed by atoms with Gasteiger partial charge in [-0.05, 0) is 0 Å². The molecule has 0 bridgehead atoms. The molecule has 0 radical (unpaired) electrons. The normalized spacial score (nSPS) is 16.2. The van der Waals surface area contributed by atoms with Gasteiger partial charge in [0, 0.05) is 0 Å². The van der Waals surface area contributed by atoms with Crippen molar-refractivity contribution >= 4 is 29.8 Å². The molecule has 0 spiro atoms. The van der Waals surface area contributed by atoms with Crippen LogP contribution in [0.3, 0.4) is 0 Å². The van der Waals surface area contributed by atoms with Crippen molar-refractivity contribution in [2.24, 2.45) is 0 Å². The second-order valence-electron chi connectivity index (χ2n) is 10.3. The summed E-state index contributed by atoms with van der Waals surface area (Å²) in [5, 5.41) is 9.36. The zero-order chi connectivity index (χ0) is 24.2. The van der Waals surface area contributed by atoms with Crippen LogP contribution in [0.2, 0.25) is 0 Å². The summed E-state index contributed by atoms with van der Waals surface area (Å²) in [5.41, 5.74) is 3.29. The number of hydrogen-bond donors (Lipinski definition) is 1. The molecule has 0 aromatic heterocycles. The maximum atomic E-state index is 11.4. The van der Waals surface area contributed by atoms with Crippen LogP contribution in [0.4, 0.5) is 0 Å². The molecule has 2 aromatic rings. The van der Waals surface area contributed by atoms with Crippen LogP contribution < -0.4 is 18.4 Å². The van der Waals surface area contributed by atoms with Gasteiger partial charge < -0.3 is 0 Å². The summed E-state index contributed by atoms with van der Waals surface area (Å²) in [6.07, 6.45) is 7.01. The summed E-state index contributed by atoms with van der Waals surface area (Å²) in [7, 11) is 1.60. The number of aromatic carboxylic acids is 1. The summed E-state index contributed by atoms with van der Waals surface area (Å²) in [6.45, 7) is 12.3. The molecule has 1 N–H and O–H groups in total. The Kier molecular flexibility index (Phi) is 8.18. The Morgan fingerprint density at radius 3 is 2.21 bits per heavy atom. The average molecular weight is 518 g/mol. The van der Waals surface area contributed by atoms with Crippen LogP contribution >= 0.6 is 0 Å². The molecule has 1 aliphatic carbocycles. The Morgan fingerprint density at radius 1 is 0.939 bits per heavy atom. The fourth-order valence-electron chi connectivity index (χ4n) is 4.48. The molecule has 180 valence electrons. The van der Waals surface area contributed by atoms with Gasteiger partial charge in [0.25, 0.3) is 0 Å². The monoisotopic (exact) mass is 518 g/mol. The fourth-order valence-corrected chi connectivity index (χ4v) is 6.60. The molecule has 0 fully saturated rings. The van der Waals surface area contributed by atoms with E-state index >= 15 is 0 Å². The van der Waals surface area contributed by atoms with E-state index in [0.29, 0.717) is 5.75 Å². The van der Waals surface area contributed by atoms with Gasteiger partial charge in [-0.25, -0.2) is 0 Å². The van der Waals surface area contributed by atoms with Crippen molar-refractivity contribution in [1.29, 1.82) is 0 Å².